The van der Waals surface area contributed by atoms with E-state index in [9.17, 15) is 14.7 Å². The molecule has 0 saturated heterocycles. The summed E-state index contributed by atoms with van der Waals surface area (Å²) in [5.74, 6) is -1.20. The van der Waals surface area contributed by atoms with E-state index < -0.39 is 30.6 Å². The second-order valence-electron chi connectivity index (χ2n) is 14.1. The molecule has 2 aliphatic rings. The first-order valence-corrected chi connectivity index (χ1v) is 19.7. The molecule has 0 saturated carbocycles. The van der Waals surface area contributed by atoms with Crippen LogP contribution in [0.1, 0.15) is 116 Å². The van der Waals surface area contributed by atoms with Crippen molar-refractivity contribution in [1.82, 2.24) is 29.9 Å². The molecule has 0 amide bonds. The number of unbranched alkanes of at least 4 members (excludes halogenated alkanes) is 2. The highest BCUT2D eigenvalue weighted by molar-refractivity contribution is 5.91. The zero-order chi connectivity index (χ0) is 38.5. The van der Waals surface area contributed by atoms with Crippen molar-refractivity contribution in [2.24, 2.45) is 0 Å². The Labute approximate surface area is 324 Å². The van der Waals surface area contributed by atoms with Crippen molar-refractivity contribution in [3.05, 3.63) is 119 Å². The Morgan fingerprint density at radius 3 is 1.73 bits per heavy atom. The maximum absolute atomic E-state index is 12.0. The van der Waals surface area contributed by atoms with Crippen LogP contribution in [0.15, 0.2) is 73.9 Å². The van der Waals surface area contributed by atoms with Gasteiger partial charge in [0.15, 0.2) is 0 Å². The minimum absolute atomic E-state index is 0.395. The number of aliphatic hydroxyl groups is 1. The van der Waals surface area contributed by atoms with Crippen LogP contribution >= 0.6 is 0 Å². The molecule has 0 bridgehead atoms. The number of hydrogen-bond acceptors (Lipinski definition) is 11. The molecule has 6 rings (SSSR count). The first-order chi connectivity index (χ1) is 26.9. The van der Waals surface area contributed by atoms with Gasteiger partial charge in [-0.25, -0.2) is 19.9 Å². The maximum Gasteiger partial charge on any atom is 0.317 e. The largest absolute Gasteiger partial charge is 0.469 e. The molecule has 4 aromatic heterocycles. The molecule has 0 fully saturated rings. The highest BCUT2D eigenvalue weighted by atomic mass is 16.6. The predicted octanol–water partition coefficient (Wildman–Crippen LogP) is 7.19. The third kappa shape index (κ3) is 14.9. The quantitative estimate of drug-likeness (QED) is 0.0665. The number of aromatic nitrogens is 6. The molecule has 2 aliphatic carbocycles. The average Bonchev–Trinajstić information content (AvgIpc) is 3.23. The SMILES string of the molecule is COC(=O)CC(=O)O[C@@H](/C=C/c1cncnc1)CCCCc1ccc2c(n1)CCCC2.O[C@@H](/C=C/c1cncnc1)CCCCc1ccc2c(n1)CCCC2. The van der Waals surface area contributed by atoms with Crippen molar-refractivity contribution in [2.45, 2.75) is 121 Å². The number of carbonyl (C=O) groups is 2. The van der Waals surface area contributed by atoms with Gasteiger partial charge in [-0.2, -0.15) is 0 Å². The smallest absolute Gasteiger partial charge is 0.317 e. The Bertz CT molecular complexity index is 1840. The van der Waals surface area contributed by atoms with Gasteiger partial charge in [0.2, 0.25) is 0 Å². The van der Waals surface area contributed by atoms with Gasteiger partial charge in [0.05, 0.1) is 13.2 Å². The number of hydrogen-bond donors (Lipinski definition) is 1. The lowest BCUT2D eigenvalue weighted by Gasteiger charge is -2.16. The Kier molecular flexibility index (Phi) is 17.1. The molecule has 0 spiro atoms. The number of pyridine rings is 2. The van der Waals surface area contributed by atoms with Crippen molar-refractivity contribution in [3.8, 4) is 0 Å². The molecule has 4 heterocycles. The number of aliphatic hydroxyl groups excluding tert-OH is 1. The van der Waals surface area contributed by atoms with Crippen molar-refractivity contribution in [2.75, 3.05) is 7.11 Å². The minimum Gasteiger partial charge on any atom is -0.469 e. The molecule has 0 radical (unpaired) electrons. The van der Waals surface area contributed by atoms with Crippen LogP contribution in [0.4, 0.5) is 0 Å². The first-order valence-electron chi connectivity index (χ1n) is 19.7. The molecule has 11 heteroatoms. The molecule has 290 valence electrons. The Hall–Kier alpha value is -5.16. The summed E-state index contributed by atoms with van der Waals surface area (Å²) in [6.45, 7) is 0. The molecule has 2 atom stereocenters. The molecule has 0 aromatic carbocycles. The standard InChI is InChI=1S/C24H29N3O4.C20H25N3O/c1-30-23(28)14-24(29)31-21(13-10-18-15-25-17-26-16-18)8-4-3-7-20-12-11-19-6-2-5-9-22(19)27-20;24-19(12-9-16-13-21-15-22-14-16)7-3-2-6-18-11-10-17-5-1-4-8-20(17)23-18/h10-13,15-17,21H,2-9,14H2,1H3;9-15,19,24H,1-8H2/b13-10+;12-9+/t21-;19-/m11/s1. The van der Waals surface area contributed by atoms with E-state index in [0.29, 0.717) is 6.42 Å². The van der Waals surface area contributed by atoms with E-state index in [1.165, 1.54) is 80.1 Å². The molecule has 4 aromatic rings. The fourth-order valence-electron chi connectivity index (χ4n) is 6.77. The third-order valence-electron chi connectivity index (χ3n) is 9.80. The van der Waals surface area contributed by atoms with E-state index >= 15 is 0 Å². The average molecular weight is 747 g/mol. The summed E-state index contributed by atoms with van der Waals surface area (Å²) >= 11 is 0. The predicted molar refractivity (Wildman–Crippen MR) is 212 cm³/mol. The summed E-state index contributed by atoms with van der Waals surface area (Å²) in [5.41, 5.74) is 9.44. The normalized spacial score (nSPS) is 14.7. The van der Waals surface area contributed by atoms with Crippen LogP contribution in [0.3, 0.4) is 0 Å². The lowest BCUT2D eigenvalue weighted by molar-refractivity contribution is -0.155. The summed E-state index contributed by atoms with van der Waals surface area (Å²) in [6.07, 6.45) is 32.6. The summed E-state index contributed by atoms with van der Waals surface area (Å²) in [6, 6.07) is 8.79. The monoisotopic (exact) mass is 746 g/mol. The van der Waals surface area contributed by atoms with Gasteiger partial charge >= 0.3 is 11.9 Å². The summed E-state index contributed by atoms with van der Waals surface area (Å²) in [7, 11) is 1.25. The number of aryl methyl sites for hydroxylation is 6. The summed E-state index contributed by atoms with van der Waals surface area (Å²) < 4.78 is 10.0. The van der Waals surface area contributed by atoms with Gasteiger partial charge in [-0.3, -0.25) is 19.6 Å². The van der Waals surface area contributed by atoms with E-state index in [0.717, 1.165) is 81.0 Å². The summed E-state index contributed by atoms with van der Waals surface area (Å²) in [4.78, 5) is 48.9. The second kappa shape index (κ2) is 22.9. The minimum atomic E-state index is -0.609. The number of nitrogens with zero attached hydrogens (tertiary/aromatic N) is 6. The fourth-order valence-corrected chi connectivity index (χ4v) is 6.77. The molecule has 0 aliphatic heterocycles. The van der Waals surface area contributed by atoms with Crippen LogP contribution in [0.25, 0.3) is 12.2 Å². The molecular formula is C44H54N6O5. The fraction of sp³-hybridized carbons (Fsp3) is 0.455. The number of rotatable bonds is 17. The molecule has 55 heavy (non-hydrogen) atoms. The van der Waals surface area contributed by atoms with Gasteiger partial charge in [0.1, 0.15) is 25.2 Å². The van der Waals surface area contributed by atoms with E-state index in [4.69, 9.17) is 14.7 Å². The molecule has 0 unspecified atom stereocenters. The first kappa shape index (κ1) is 41.0. The third-order valence-corrected chi connectivity index (χ3v) is 9.80. The van der Waals surface area contributed by atoms with Gasteiger partial charge in [0, 0.05) is 58.7 Å². The molecule has 11 nitrogen and oxygen atoms in total. The Morgan fingerprint density at radius 2 is 1.18 bits per heavy atom. The number of methoxy groups -OCH3 is 1. The summed E-state index contributed by atoms with van der Waals surface area (Å²) in [5, 5.41) is 10.0. The Balaban J connectivity index is 0.000000218. The topological polar surface area (TPSA) is 150 Å². The van der Waals surface area contributed by atoms with Crippen molar-refractivity contribution in [1.29, 1.82) is 0 Å². The van der Waals surface area contributed by atoms with Gasteiger partial charge in [0.25, 0.3) is 0 Å². The van der Waals surface area contributed by atoms with Gasteiger partial charge in [-0.05, 0) is 126 Å². The van der Waals surface area contributed by atoms with Crippen LogP contribution in [-0.2, 0) is 57.6 Å². The maximum atomic E-state index is 12.0. The van der Waals surface area contributed by atoms with Crippen LogP contribution in [-0.4, -0.2) is 66.3 Å². The van der Waals surface area contributed by atoms with Gasteiger partial charge in [-0.15, -0.1) is 0 Å². The zero-order valence-corrected chi connectivity index (χ0v) is 32.0. The van der Waals surface area contributed by atoms with Crippen molar-refractivity contribution >= 4 is 24.1 Å². The van der Waals surface area contributed by atoms with Crippen LogP contribution in [0.2, 0.25) is 0 Å². The van der Waals surface area contributed by atoms with E-state index in [-0.39, 0.29) is 0 Å². The lowest BCUT2D eigenvalue weighted by Crippen LogP contribution is -2.19. The number of ether oxygens (including phenoxy) is 2. The molecular weight excluding hydrogens is 693 g/mol. The highest BCUT2D eigenvalue weighted by Crippen LogP contribution is 2.22. The number of esters is 2. The van der Waals surface area contributed by atoms with Crippen LogP contribution < -0.4 is 0 Å². The second-order valence-corrected chi connectivity index (χ2v) is 14.1. The van der Waals surface area contributed by atoms with E-state index in [1.54, 1.807) is 24.8 Å². The number of fused-ring (bicyclic) bond motifs is 2. The van der Waals surface area contributed by atoms with E-state index in [1.807, 2.05) is 24.3 Å². The van der Waals surface area contributed by atoms with Crippen molar-refractivity contribution in [3.63, 3.8) is 0 Å². The Morgan fingerprint density at radius 1 is 0.673 bits per heavy atom. The van der Waals surface area contributed by atoms with Crippen LogP contribution in [0, 0.1) is 0 Å². The number of carbonyl (C=O) groups excluding carboxylic acids is 2. The highest BCUT2D eigenvalue weighted by Gasteiger charge is 2.17. The van der Waals surface area contributed by atoms with E-state index in [2.05, 4.69) is 48.9 Å². The zero-order valence-electron chi connectivity index (χ0n) is 32.0. The lowest BCUT2D eigenvalue weighted by atomic mass is 9.95. The van der Waals surface area contributed by atoms with Gasteiger partial charge < -0.3 is 14.6 Å². The van der Waals surface area contributed by atoms with Gasteiger partial charge in [-0.1, -0.05) is 36.8 Å². The molecule has 1 N–H and O–H groups in total. The van der Waals surface area contributed by atoms with Crippen LogP contribution in [0.5, 0.6) is 0 Å². The van der Waals surface area contributed by atoms with Crippen molar-refractivity contribution < 1.29 is 24.2 Å².